The number of nitrogens with two attached hydrogens (primary N) is 1. The second kappa shape index (κ2) is 15.8. The van der Waals surface area contributed by atoms with Gasteiger partial charge in [0.1, 0.15) is 11.9 Å². The van der Waals surface area contributed by atoms with E-state index in [-0.39, 0.29) is 45.6 Å². The smallest absolute Gasteiger partial charge is 0.493 e. The van der Waals surface area contributed by atoms with Gasteiger partial charge in [-0.1, -0.05) is 19.9 Å². The number of hydrogen-bond donors (Lipinski definition) is 2. The monoisotopic (exact) mass is 775 g/mol. The first-order chi connectivity index (χ1) is 25.5. The van der Waals surface area contributed by atoms with Crippen molar-refractivity contribution >= 4 is 55.8 Å². The summed E-state index contributed by atoms with van der Waals surface area (Å²) in [6.45, 7) is 3.28. The molecule has 0 radical (unpaired) electrons. The van der Waals surface area contributed by atoms with Gasteiger partial charge in [0.2, 0.25) is 5.91 Å². The van der Waals surface area contributed by atoms with Crippen LogP contribution in [0.3, 0.4) is 0 Å². The number of amides is 2. The number of alkyl halides is 3. The number of benzene rings is 3. The molecule has 13 nitrogen and oxygen atoms in total. The molecule has 18 heteroatoms. The van der Waals surface area contributed by atoms with Gasteiger partial charge in [-0.25, -0.2) is 27.4 Å². The van der Waals surface area contributed by atoms with Crippen molar-refractivity contribution in [2.75, 3.05) is 42.6 Å². The number of aromatic nitrogens is 1. The number of halogens is 4. The molecule has 54 heavy (non-hydrogen) atoms. The average Bonchev–Trinajstić information content (AvgIpc) is 3.65. The van der Waals surface area contributed by atoms with Crippen LogP contribution in [0.15, 0.2) is 65.7 Å². The molecule has 1 aliphatic heterocycles. The third-order valence-corrected chi connectivity index (χ3v) is 10.8. The molecule has 1 fully saturated rings. The van der Waals surface area contributed by atoms with Gasteiger partial charge in [0.25, 0.3) is 0 Å². The Bertz CT molecular complexity index is 2200. The number of nitrogens with zero attached hydrogens (tertiary/aromatic N) is 3. The van der Waals surface area contributed by atoms with E-state index in [1.807, 2.05) is 6.92 Å². The van der Waals surface area contributed by atoms with Gasteiger partial charge >= 0.3 is 18.2 Å². The lowest BCUT2D eigenvalue weighted by Crippen LogP contribution is -2.39. The molecule has 0 aliphatic carbocycles. The Hall–Kier alpha value is -5.65. The minimum atomic E-state index is -5.50. The topological polar surface area (TPSA) is 170 Å². The van der Waals surface area contributed by atoms with Crippen LogP contribution >= 0.6 is 0 Å². The Morgan fingerprint density at radius 3 is 2.46 bits per heavy atom. The van der Waals surface area contributed by atoms with E-state index in [1.165, 1.54) is 37.3 Å². The predicted molar refractivity (Wildman–Crippen MR) is 190 cm³/mol. The maximum atomic E-state index is 16.2. The highest BCUT2D eigenvalue weighted by Crippen LogP contribution is 2.41. The highest BCUT2D eigenvalue weighted by atomic mass is 32.2. The molecule has 2 heterocycles. The lowest BCUT2D eigenvalue weighted by molar-refractivity contribution is -0.200. The lowest BCUT2D eigenvalue weighted by Gasteiger charge is -2.32. The van der Waals surface area contributed by atoms with E-state index in [0.717, 1.165) is 25.3 Å². The fourth-order valence-electron chi connectivity index (χ4n) is 6.27. The molecule has 2 amide bonds. The number of ether oxygens (including phenoxy) is 2. The first kappa shape index (κ1) is 39.6. The number of carbonyl (C=O) groups excluding carboxylic acids is 3. The van der Waals surface area contributed by atoms with Crippen molar-refractivity contribution in [2.24, 2.45) is 0 Å². The Balaban J connectivity index is 1.65. The van der Waals surface area contributed by atoms with Crippen molar-refractivity contribution < 1.29 is 54.7 Å². The number of sulfone groups is 1. The molecule has 3 aromatic carbocycles. The fourth-order valence-corrected chi connectivity index (χ4v) is 7.41. The predicted octanol–water partition coefficient (Wildman–Crippen LogP) is 6.43. The molecule has 0 unspecified atom stereocenters. The number of methoxy groups -OCH3 is 2. The summed E-state index contributed by atoms with van der Waals surface area (Å²) < 4.78 is 92.5. The van der Waals surface area contributed by atoms with Crippen molar-refractivity contribution in [1.82, 2.24) is 9.88 Å². The summed E-state index contributed by atoms with van der Waals surface area (Å²) in [7, 11) is -1.95. The van der Waals surface area contributed by atoms with E-state index in [4.69, 9.17) is 10.5 Å². The summed E-state index contributed by atoms with van der Waals surface area (Å²) in [6.07, 6.45) is -4.56. The molecule has 1 aromatic heterocycles. The summed E-state index contributed by atoms with van der Waals surface area (Å²) >= 11 is 0. The van der Waals surface area contributed by atoms with Crippen LogP contribution < -0.4 is 20.9 Å². The number of nitrogen functional groups attached to an aromatic ring is 1. The zero-order chi connectivity index (χ0) is 39.5. The van der Waals surface area contributed by atoms with Crippen molar-refractivity contribution in [2.45, 2.75) is 56.3 Å². The van der Waals surface area contributed by atoms with E-state index < -0.39 is 63.3 Å². The second-order valence-corrected chi connectivity index (χ2v) is 14.5. The maximum Gasteiger partial charge on any atom is 0.493 e. The number of aryl methyl sites for hydroxylation is 1. The standard InChI is InChI=1S/C36H37F4N5O8S/c1-5-20-16-26(30(37)28(17-20)51-3)31(43-22-9-11-24-21(18-22)13-14-42-32(24)41)33(46)44-15-7-8-27(44)25-19-23(10-12-29(25)54(49,50)6-2)45(35(48)52-4)53-34(47)36(38,39)40/h9-14,16-19,27,31,43H,5-8,15H2,1-4H3,(H2,41,42)/t27-,31-/m1/s1. The Kier molecular flexibility index (Phi) is 11.5. The van der Waals surface area contributed by atoms with Gasteiger partial charge < -0.3 is 30.3 Å². The van der Waals surface area contributed by atoms with Crippen LogP contribution in [-0.2, 0) is 35.4 Å². The summed E-state index contributed by atoms with van der Waals surface area (Å²) in [6, 6.07) is 10.4. The highest BCUT2D eigenvalue weighted by molar-refractivity contribution is 7.91. The van der Waals surface area contributed by atoms with Crippen molar-refractivity contribution in [3.63, 3.8) is 0 Å². The van der Waals surface area contributed by atoms with Gasteiger partial charge in [0.05, 0.1) is 36.6 Å². The van der Waals surface area contributed by atoms with Crippen LogP contribution in [0.5, 0.6) is 5.75 Å². The van der Waals surface area contributed by atoms with E-state index in [0.29, 0.717) is 34.9 Å². The number of fused-ring (bicyclic) bond motifs is 1. The lowest BCUT2D eigenvalue weighted by atomic mass is 9.98. The van der Waals surface area contributed by atoms with Gasteiger partial charge in [0.15, 0.2) is 21.4 Å². The van der Waals surface area contributed by atoms with Crippen molar-refractivity contribution in [3.8, 4) is 5.75 Å². The maximum absolute atomic E-state index is 16.2. The van der Waals surface area contributed by atoms with Gasteiger partial charge in [-0.05, 0) is 84.3 Å². The largest absolute Gasteiger partial charge is 0.494 e. The third-order valence-electron chi connectivity index (χ3n) is 9.00. The number of likely N-dealkylation sites (tertiary alicyclic amines) is 1. The molecule has 0 saturated carbocycles. The SMILES string of the molecule is CCc1cc(OC)c(F)c([C@@H](Nc2ccc3c(N)nccc3c2)C(=O)N2CCC[C@@H]2c2cc(N(OC(=O)C(F)(F)F)C(=O)OC)ccc2S(=O)(=O)CC)c1. The Morgan fingerprint density at radius 2 is 1.81 bits per heavy atom. The van der Waals surface area contributed by atoms with E-state index >= 15 is 4.39 Å². The quantitative estimate of drug-likeness (QED) is 0.134. The summed E-state index contributed by atoms with van der Waals surface area (Å²) in [4.78, 5) is 48.7. The molecule has 0 bridgehead atoms. The minimum absolute atomic E-state index is 0.0625. The normalized spacial score (nSPS) is 15.1. The molecule has 3 N–H and O–H groups in total. The first-order valence-electron chi connectivity index (χ1n) is 16.7. The van der Waals surface area contributed by atoms with Crippen LogP contribution in [0.1, 0.15) is 55.5 Å². The van der Waals surface area contributed by atoms with Crippen molar-refractivity contribution in [1.29, 1.82) is 0 Å². The van der Waals surface area contributed by atoms with E-state index in [9.17, 15) is 36.0 Å². The average molecular weight is 776 g/mol. The van der Waals surface area contributed by atoms with Crippen LogP contribution in [-0.4, -0.2) is 69.0 Å². The Labute approximate surface area is 307 Å². The van der Waals surface area contributed by atoms with Gasteiger partial charge in [0, 0.05) is 29.4 Å². The summed E-state index contributed by atoms with van der Waals surface area (Å²) in [5.74, 6) is -4.48. The Morgan fingerprint density at radius 1 is 1.07 bits per heavy atom. The van der Waals surface area contributed by atoms with Crippen molar-refractivity contribution in [3.05, 3.63) is 83.3 Å². The fraction of sp³-hybridized carbons (Fsp3) is 0.333. The minimum Gasteiger partial charge on any atom is -0.494 e. The molecule has 288 valence electrons. The van der Waals surface area contributed by atoms with Crippen LogP contribution in [0, 0.1) is 5.82 Å². The number of hydroxylamine groups is 1. The second-order valence-electron chi connectivity index (χ2n) is 12.2. The highest BCUT2D eigenvalue weighted by Gasteiger charge is 2.45. The van der Waals surface area contributed by atoms with Crippen LogP contribution in [0.2, 0.25) is 0 Å². The number of rotatable bonds is 10. The van der Waals surface area contributed by atoms with E-state index in [2.05, 4.69) is 19.9 Å². The molecular formula is C36H37F4N5O8S. The molecule has 0 spiro atoms. The molecule has 4 aromatic rings. The molecular weight excluding hydrogens is 738 g/mol. The number of anilines is 3. The summed E-state index contributed by atoms with van der Waals surface area (Å²) in [5.41, 5.74) is 6.45. The number of nitrogens with one attached hydrogen (secondary N) is 1. The molecule has 1 aliphatic rings. The first-order valence-corrected chi connectivity index (χ1v) is 18.3. The molecule has 1 saturated heterocycles. The van der Waals surface area contributed by atoms with Crippen LogP contribution in [0.25, 0.3) is 10.8 Å². The number of carbonyl (C=O) groups is 3. The van der Waals surface area contributed by atoms with Gasteiger partial charge in [-0.2, -0.15) is 13.2 Å². The number of hydrogen-bond acceptors (Lipinski definition) is 11. The van der Waals surface area contributed by atoms with E-state index in [1.54, 1.807) is 24.3 Å². The number of pyridine rings is 1. The molecule has 2 atom stereocenters. The zero-order valence-corrected chi connectivity index (χ0v) is 30.4. The van der Waals surface area contributed by atoms with Crippen LogP contribution in [0.4, 0.5) is 39.5 Å². The molecule has 5 rings (SSSR count). The third kappa shape index (κ3) is 7.97. The summed E-state index contributed by atoms with van der Waals surface area (Å²) in [5, 5.41) is 4.39. The van der Waals surface area contributed by atoms with Gasteiger partial charge in [-0.3, -0.25) is 4.79 Å². The zero-order valence-electron chi connectivity index (χ0n) is 29.6. The van der Waals surface area contributed by atoms with Gasteiger partial charge in [-0.15, -0.1) is 5.06 Å².